The molecule has 1 aliphatic heterocycles. The van der Waals surface area contributed by atoms with Crippen molar-refractivity contribution < 1.29 is 35.3 Å². The molecule has 1 aliphatic rings. The van der Waals surface area contributed by atoms with Crippen LogP contribution in [0.4, 0.5) is 23.7 Å². The summed E-state index contributed by atoms with van der Waals surface area (Å²) in [5, 5.41) is 0.480. The Morgan fingerprint density at radius 1 is 1.25 bits per heavy atom. The zero-order chi connectivity index (χ0) is 23.9. The molecule has 176 valence electrons. The number of rotatable bonds is 4. The van der Waals surface area contributed by atoms with Gasteiger partial charge in [0, 0.05) is 37.6 Å². The normalized spacial score (nSPS) is 17.5. The fourth-order valence-electron chi connectivity index (χ4n) is 3.14. The molecular formula is C19H23F3N4O5S. The third kappa shape index (κ3) is 5.31. The van der Waals surface area contributed by atoms with Crippen LogP contribution in [0.15, 0.2) is 24.4 Å². The number of amides is 1. The maximum atomic E-state index is 12.5. The van der Waals surface area contributed by atoms with Gasteiger partial charge in [0.05, 0.1) is 11.9 Å². The highest BCUT2D eigenvalue weighted by Gasteiger charge is 2.48. The minimum atomic E-state index is -5.82. The van der Waals surface area contributed by atoms with Crippen LogP contribution in [0.3, 0.4) is 0 Å². The molecule has 0 aliphatic carbocycles. The second-order valence-electron chi connectivity index (χ2n) is 8.35. The summed E-state index contributed by atoms with van der Waals surface area (Å²) >= 11 is 0. The number of likely N-dealkylation sites (N-methyl/N-ethyl adjacent to an activating group) is 1. The van der Waals surface area contributed by atoms with Gasteiger partial charge < -0.3 is 18.7 Å². The smallest absolute Gasteiger partial charge is 0.444 e. The monoisotopic (exact) mass is 476 g/mol. The molecule has 0 unspecified atom stereocenters. The van der Waals surface area contributed by atoms with E-state index in [0.29, 0.717) is 30.6 Å². The molecule has 0 saturated carbocycles. The fraction of sp³-hybridized carbons (Fsp3) is 0.526. The molecule has 3 rings (SSSR count). The van der Waals surface area contributed by atoms with Gasteiger partial charge in [0.2, 0.25) is 5.88 Å². The predicted molar refractivity (Wildman–Crippen MR) is 110 cm³/mol. The number of hydrogen-bond acceptors (Lipinski definition) is 8. The summed E-state index contributed by atoms with van der Waals surface area (Å²) in [7, 11) is -3.98. The summed E-state index contributed by atoms with van der Waals surface area (Å²) in [5.74, 6) is -0.729. The van der Waals surface area contributed by atoms with Crippen molar-refractivity contribution in [3.63, 3.8) is 0 Å². The molecule has 0 spiro atoms. The number of nitrogens with zero attached hydrogens (tertiary/aromatic N) is 4. The van der Waals surface area contributed by atoms with Crippen LogP contribution in [0.1, 0.15) is 27.2 Å². The Hall–Kier alpha value is -2.83. The predicted octanol–water partition coefficient (Wildman–Crippen LogP) is 3.30. The van der Waals surface area contributed by atoms with Crippen LogP contribution in [0, 0.1) is 0 Å². The number of fused-ring (bicyclic) bond motifs is 1. The molecule has 1 amide bonds. The van der Waals surface area contributed by atoms with E-state index in [1.54, 1.807) is 31.7 Å². The first-order valence-electron chi connectivity index (χ1n) is 9.64. The standard InChI is InChI=1S/C19H23F3N4O5S/c1-18(2,3)30-17(27)26-8-7-13(11-26)25(4)14-9-12-5-6-15(24-16(12)23-10-14)31-32(28,29)19(20,21)22/h5-6,9-10,13H,7-8,11H2,1-4H3/t13-/m1/s1. The number of aromatic nitrogens is 2. The van der Waals surface area contributed by atoms with Crippen molar-refractivity contribution in [3.05, 3.63) is 24.4 Å². The summed E-state index contributed by atoms with van der Waals surface area (Å²) in [6.45, 7) is 6.40. The topological polar surface area (TPSA) is 102 Å². The molecule has 0 radical (unpaired) electrons. The van der Waals surface area contributed by atoms with E-state index in [4.69, 9.17) is 4.74 Å². The van der Waals surface area contributed by atoms with E-state index in [0.717, 1.165) is 6.07 Å². The lowest BCUT2D eigenvalue weighted by Gasteiger charge is -2.28. The zero-order valence-electron chi connectivity index (χ0n) is 17.9. The Labute approximate surface area is 183 Å². The van der Waals surface area contributed by atoms with Gasteiger partial charge in [-0.25, -0.2) is 9.78 Å². The molecular weight excluding hydrogens is 453 g/mol. The van der Waals surface area contributed by atoms with Crippen LogP contribution < -0.4 is 9.08 Å². The number of halogens is 3. The van der Waals surface area contributed by atoms with Crippen molar-refractivity contribution in [2.45, 2.75) is 44.3 Å². The van der Waals surface area contributed by atoms with Gasteiger partial charge in [-0.1, -0.05) is 0 Å². The van der Waals surface area contributed by atoms with E-state index in [9.17, 15) is 26.4 Å². The summed E-state index contributed by atoms with van der Waals surface area (Å²) in [6.07, 6.45) is 1.80. The average Bonchev–Trinajstić information content (AvgIpc) is 3.15. The van der Waals surface area contributed by atoms with E-state index in [2.05, 4.69) is 14.2 Å². The summed E-state index contributed by atoms with van der Waals surface area (Å²) < 4.78 is 69.2. The van der Waals surface area contributed by atoms with Crippen molar-refractivity contribution in [2.75, 3.05) is 25.0 Å². The van der Waals surface area contributed by atoms with E-state index in [1.165, 1.54) is 12.3 Å². The van der Waals surface area contributed by atoms with Gasteiger partial charge in [-0.15, -0.1) is 0 Å². The molecule has 3 heterocycles. The molecule has 2 aromatic rings. The van der Waals surface area contributed by atoms with Crippen LogP contribution in [-0.4, -0.2) is 66.7 Å². The number of pyridine rings is 2. The lowest BCUT2D eigenvalue weighted by Crippen LogP contribution is -2.39. The van der Waals surface area contributed by atoms with E-state index < -0.39 is 27.1 Å². The van der Waals surface area contributed by atoms with Crippen LogP contribution in [0.5, 0.6) is 5.88 Å². The zero-order valence-corrected chi connectivity index (χ0v) is 18.7. The first-order valence-corrected chi connectivity index (χ1v) is 11.1. The number of carbonyl (C=O) groups is 1. The minimum Gasteiger partial charge on any atom is -0.444 e. The molecule has 0 bridgehead atoms. The van der Waals surface area contributed by atoms with E-state index in [-0.39, 0.29) is 17.8 Å². The first-order chi connectivity index (χ1) is 14.7. The number of alkyl halides is 3. The number of anilines is 1. The highest BCUT2D eigenvalue weighted by molar-refractivity contribution is 7.87. The number of carbonyl (C=O) groups excluding carboxylic acids is 1. The van der Waals surface area contributed by atoms with Crippen molar-refractivity contribution in [1.82, 2.24) is 14.9 Å². The van der Waals surface area contributed by atoms with Gasteiger partial charge in [0.15, 0.2) is 5.65 Å². The van der Waals surface area contributed by atoms with Crippen molar-refractivity contribution in [2.24, 2.45) is 0 Å². The summed E-state index contributed by atoms with van der Waals surface area (Å²) in [6, 6.07) is 4.12. The first kappa shape index (κ1) is 23.8. The SMILES string of the molecule is CN(c1cnc2nc(OS(=O)(=O)C(F)(F)F)ccc2c1)[C@@H]1CCN(C(=O)OC(C)(C)C)C1. The number of likely N-dealkylation sites (tertiary alicyclic amines) is 1. The Bertz CT molecular complexity index is 1120. The Kier molecular flexibility index (Phi) is 6.15. The van der Waals surface area contributed by atoms with E-state index in [1.807, 2.05) is 11.9 Å². The highest BCUT2D eigenvalue weighted by Crippen LogP contribution is 2.28. The summed E-state index contributed by atoms with van der Waals surface area (Å²) in [4.78, 5) is 23.7. The fourth-order valence-corrected chi connectivity index (χ4v) is 3.55. The van der Waals surface area contributed by atoms with Gasteiger partial charge in [0.25, 0.3) is 0 Å². The molecule has 1 saturated heterocycles. The second-order valence-corrected chi connectivity index (χ2v) is 9.89. The molecule has 2 aromatic heterocycles. The van der Waals surface area contributed by atoms with E-state index >= 15 is 0 Å². The molecule has 32 heavy (non-hydrogen) atoms. The second kappa shape index (κ2) is 8.26. The molecule has 13 heteroatoms. The minimum absolute atomic E-state index is 0.00858. The van der Waals surface area contributed by atoms with Crippen molar-refractivity contribution >= 4 is 32.9 Å². The Morgan fingerprint density at radius 3 is 2.56 bits per heavy atom. The van der Waals surface area contributed by atoms with Crippen LogP contribution in [-0.2, 0) is 14.9 Å². The van der Waals surface area contributed by atoms with Crippen molar-refractivity contribution in [1.29, 1.82) is 0 Å². The van der Waals surface area contributed by atoms with Crippen LogP contribution in [0.2, 0.25) is 0 Å². The quantitative estimate of drug-likeness (QED) is 0.489. The van der Waals surface area contributed by atoms with Gasteiger partial charge in [0.1, 0.15) is 5.60 Å². The van der Waals surface area contributed by atoms with Crippen molar-refractivity contribution in [3.8, 4) is 5.88 Å². The lowest BCUT2D eigenvalue weighted by atomic mass is 10.2. The average molecular weight is 476 g/mol. The Balaban J connectivity index is 1.73. The van der Waals surface area contributed by atoms with Gasteiger partial charge in [-0.2, -0.15) is 26.6 Å². The maximum Gasteiger partial charge on any atom is 0.534 e. The molecule has 0 aromatic carbocycles. The van der Waals surface area contributed by atoms with Crippen LogP contribution in [0.25, 0.3) is 11.0 Å². The third-order valence-corrected chi connectivity index (χ3v) is 5.71. The largest absolute Gasteiger partial charge is 0.534 e. The summed E-state index contributed by atoms with van der Waals surface area (Å²) in [5.41, 5.74) is -5.41. The Morgan fingerprint density at radius 2 is 1.94 bits per heavy atom. The number of ether oxygens (including phenoxy) is 1. The molecule has 1 fully saturated rings. The van der Waals surface area contributed by atoms with Gasteiger partial charge in [-0.05, 0) is 39.3 Å². The number of hydrogen-bond donors (Lipinski definition) is 0. The lowest BCUT2D eigenvalue weighted by molar-refractivity contribution is -0.0501. The molecule has 1 atom stereocenters. The maximum absolute atomic E-state index is 12.5. The third-order valence-electron chi connectivity index (χ3n) is 4.75. The molecule has 0 N–H and O–H groups in total. The molecule has 9 nitrogen and oxygen atoms in total. The van der Waals surface area contributed by atoms with Crippen LogP contribution >= 0.6 is 0 Å². The van der Waals surface area contributed by atoms with Gasteiger partial charge in [-0.3, -0.25) is 0 Å². The highest BCUT2D eigenvalue weighted by atomic mass is 32.2. The van der Waals surface area contributed by atoms with Gasteiger partial charge >= 0.3 is 21.7 Å².